The van der Waals surface area contributed by atoms with E-state index in [9.17, 15) is 14.4 Å². The van der Waals surface area contributed by atoms with Crippen molar-refractivity contribution in [2.24, 2.45) is 0 Å². The number of carbonyl (C=O) groups excluding carboxylic acids is 3. The number of carbonyl (C=O) groups is 3. The van der Waals surface area contributed by atoms with Crippen LogP contribution in [-0.4, -0.2) is 37.2 Å². The molecular formula is C69H120O6. The Bertz CT molecular complexity index is 1430. The fourth-order valence-electron chi connectivity index (χ4n) is 9.09. The molecule has 0 N–H and O–H groups in total. The summed E-state index contributed by atoms with van der Waals surface area (Å²) < 4.78 is 16.9. The molecule has 432 valence electrons. The number of hydrogen-bond donors (Lipinski definition) is 0. The van der Waals surface area contributed by atoms with Gasteiger partial charge in [0.15, 0.2) is 6.10 Å². The quantitative estimate of drug-likeness (QED) is 0.0261. The van der Waals surface area contributed by atoms with E-state index in [-0.39, 0.29) is 37.5 Å². The lowest BCUT2D eigenvalue weighted by Crippen LogP contribution is -2.30. The average Bonchev–Trinajstić information content (AvgIpc) is 3.41. The van der Waals surface area contributed by atoms with Crippen molar-refractivity contribution < 1.29 is 28.6 Å². The Hall–Kier alpha value is -3.41. The number of esters is 3. The van der Waals surface area contributed by atoms with Crippen molar-refractivity contribution in [1.29, 1.82) is 0 Å². The molecule has 0 saturated carbocycles. The van der Waals surface area contributed by atoms with Gasteiger partial charge in [0.1, 0.15) is 13.2 Å². The summed E-state index contributed by atoms with van der Waals surface area (Å²) in [5, 5.41) is 0. The molecule has 75 heavy (non-hydrogen) atoms. The van der Waals surface area contributed by atoms with Gasteiger partial charge in [-0.25, -0.2) is 0 Å². The van der Waals surface area contributed by atoms with E-state index in [2.05, 4.69) is 106 Å². The van der Waals surface area contributed by atoms with Crippen LogP contribution in [0.1, 0.15) is 316 Å². The second-order valence-corrected chi connectivity index (χ2v) is 21.3. The molecule has 0 spiro atoms. The van der Waals surface area contributed by atoms with Gasteiger partial charge in [0.05, 0.1) is 0 Å². The second-order valence-electron chi connectivity index (χ2n) is 21.3. The van der Waals surface area contributed by atoms with Crippen molar-refractivity contribution >= 4 is 17.9 Å². The largest absolute Gasteiger partial charge is 0.462 e. The number of rotatable bonds is 58. The van der Waals surface area contributed by atoms with Crippen LogP contribution < -0.4 is 0 Å². The van der Waals surface area contributed by atoms with E-state index in [1.54, 1.807) is 0 Å². The first kappa shape index (κ1) is 71.6. The summed E-state index contributed by atoms with van der Waals surface area (Å²) in [6, 6.07) is 0. The van der Waals surface area contributed by atoms with Crippen LogP contribution in [0.25, 0.3) is 0 Å². The molecule has 0 bridgehead atoms. The summed E-state index contributed by atoms with van der Waals surface area (Å²) in [5.74, 6) is -0.964. The first-order chi connectivity index (χ1) is 37.0. The van der Waals surface area contributed by atoms with Crippen LogP contribution in [0.3, 0.4) is 0 Å². The van der Waals surface area contributed by atoms with Gasteiger partial charge in [-0.1, -0.05) is 298 Å². The second kappa shape index (κ2) is 63.1. The van der Waals surface area contributed by atoms with Gasteiger partial charge in [0.2, 0.25) is 0 Å². The molecule has 0 heterocycles. The predicted molar refractivity (Wildman–Crippen MR) is 325 cm³/mol. The van der Waals surface area contributed by atoms with Crippen LogP contribution in [0.2, 0.25) is 0 Å². The van der Waals surface area contributed by atoms with Gasteiger partial charge in [0.25, 0.3) is 0 Å². The molecular weight excluding hydrogens is 925 g/mol. The minimum atomic E-state index is -0.812. The maximum atomic E-state index is 12.9. The Labute approximate surface area is 465 Å². The third kappa shape index (κ3) is 61.3. The minimum absolute atomic E-state index is 0.101. The van der Waals surface area contributed by atoms with Crippen LogP contribution in [0.15, 0.2) is 85.1 Å². The lowest BCUT2D eigenvalue weighted by atomic mass is 10.0. The maximum Gasteiger partial charge on any atom is 0.306 e. The van der Waals surface area contributed by atoms with E-state index < -0.39 is 6.10 Å². The van der Waals surface area contributed by atoms with E-state index in [1.165, 1.54) is 167 Å². The molecule has 0 radical (unpaired) electrons. The zero-order valence-corrected chi connectivity index (χ0v) is 49.6. The van der Waals surface area contributed by atoms with Gasteiger partial charge in [-0.15, -0.1) is 0 Å². The van der Waals surface area contributed by atoms with Gasteiger partial charge >= 0.3 is 17.9 Å². The Morgan fingerprint density at radius 1 is 0.280 bits per heavy atom. The van der Waals surface area contributed by atoms with Crippen LogP contribution in [0, 0.1) is 0 Å². The molecule has 0 aliphatic rings. The highest BCUT2D eigenvalue weighted by atomic mass is 16.6. The van der Waals surface area contributed by atoms with Crippen molar-refractivity contribution in [3.05, 3.63) is 85.1 Å². The molecule has 0 fully saturated rings. The standard InChI is InChI=1S/C69H120O6/c1-4-7-10-13-16-19-22-25-28-30-31-32-33-34-35-36-37-38-40-41-44-47-50-53-56-59-62-68(71)74-65-66(64-73-67(70)61-58-55-52-49-46-43-27-24-21-18-15-12-9-6-3)75-69(72)63-60-57-54-51-48-45-42-39-29-26-23-20-17-14-11-8-5-2/h8,11,15,17-18,20,24,26-27,29,42,45,51,54,66H,4-7,9-10,12-14,16,19,21-23,25,28,30-41,43-44,46-50,52-53,55-65H2,1-3H3/b11-8-,18-15-,20-17-,27-24-,29-26-,45-42-,54-51-. The Morgan fingerprint density at radius 2 is 0.547 bits per heavy atom. The van der Waals surface area contributed by atoms with E-state index in [0.717, 1.165) is 103 Å². The summed E-state index contributed by atoms with van der Waals surface area (Å²) >= 11 is 0. The molecule has 0 saturated heterocycles. The molecule has 0 aliphatic carbocycles. The maximum absolute atomic E-state index is 12.9. The van der Waals surface area contributed by atoms with Gasteiger partial charge in [-0.2, -0.15) is 0 Å². The molecule has 0 amide bonds. The number of unbranched alkanes of at least 4 members (excludes halogenated alkanes) is 33. The molecule has 0 aliphatic heterocycles. The first-order valence-electron chi connectivity index (χ1n) is 32.1. The molecule has 6 heteroatoms. The van der Waals surface area contributed by atoms with Crippen LogP contribution in [-0.2, 0) is 28.6 Å². The Balaban J connectivity index is 4.32. The zero-order valence-electron chi connectivity index (χ0n) is 49.6. The van der Waals surface area contributed by atoms with Gasteiger partial charge in [-0.05, 0) is 83.5 Å². The summed E-state index contributed by atoms with van der Waals surface area (Å²) in [7, 11) is 0. The summed E-state index contributed by atoms with van der Waals surface area (Å²) in [6.45, 7) is 6.46. The SMILES string of the molecule is CC/C=C\C/C=C\C/C=C\C/C=C\C/C=C\CCCC(=O)OC(COC(=O)CCCCCCC/C=C\C/C=C\CCCC)COC(=O)CCCCCCCCCCCCCCCCCCCCCCCCCCCC. The van der Waals surface area contributed by atoms with Crippen molar-refractivity contribution in [1.82, 2.24) is 0 Å². The molecule has 0 aromatic heterocycles. The van der Waals surface area contributed by atoms with Crippen LogP contribution in [0.5, 0.6) is 0 Å². The zero-order chi connectivity index (χ0) is 54.3. The van der Waals surface area contributed by atoms with Crippen molar-refractivity contribution in [2.45, 2.75) is 322 Å². The van der Waals surface area contributed by atoms with Gasteiger partial charge in [0, 0.05) is 19.3 Å². The lowest BCUT2D eigenvalue weighted by molar-refractivity contribution is -0.167. The number of ether oxygens (including phenoxy) is 3. The third-order valence-corrected chi connectivity index (χ3v) is 13.9. The molecule has 1 atom stereocenters. The van der Waals surface area contributed by atoms with Gasteiger partial charge < -0.3 is 14.2 Å². The van der Waals surface area contributed by atoms with E-state index in [4.69, 9.17) is 14.2 Å². The molecule has 0 aromatic rings. The lowest BCUT2D eigenvalue weighted by Gasteiger charge is -2.18. The highest BCUT2D eigenvalue weighted by Crippen LogP contribution is 2.17. The molecule has 6 nitrogen and oxygen atoms in total. The topological polar surface area (TPSA) is 78.9 Å². The van der Waals surface area contributed by atoms with Gasteiger partial charge in [-0.3, -0.25) is 14.4 Å². The predicted octanol–water partition coefficient (Wildman–Crippen LogP) is 21.9. The summed E-state index contributed by atoms with van der Waals surface area (Å²) in [5.41, 5.74) is 0. The molecule has 0 aromatic carbocycles. The van der Waals surface area contributed by atoms with E-state index >= 15 is 0 Å². The van der Waals surface area contributed by atoms with Crippen LogP contribution in [0.4, 0.5) is 0 Å². The number of hydrogen-bond acceptors (Lipinski definition) is 6. The summed E-state index contributed by atoms with van der Waals surface area (Å²) in [4.78, 5) is 38.2. The highest BCUT2D eigenvalue weighted by Gasteiger charge is 2.19. The molecule has 1 unspecified atom stereocenters. The van der Waals surface area contributed by atoms with Crippen LogP contribution >= 0.6 is 0 Å². The minimum Gasteiger partial charge on any atom is -0.462 e. The van der Waals surface area contributed by atoms with Crippen molar-refractivity contribution in [3.8, 4) is 0 Å². The van der Waals surface area contributed by atoms with E-state index in [0.29, 0.717) is 19.3 Å². The fraction of sp³-hybridized carbons (Fsp3) is 0.754. The highest BCUT2D eigenvalue weighted by molar-refractivity contribution is 5.71. The Morgan fingerprint density at radius 3 is 0.893 bits per heavy atom. The normalized spacial score (nSPS) is 12.6. The van der Waals surface area contributed by atoms with Crippen molar-refractivity contribution in [2.75, 3.05) is 13.2 Å². The fourth-order valence-corrected chi connectivity index (χ4v) is 9.09. The number of allylic oxidation sites excluding steroid dienone is 14. The Kier molecular flexibility index (Phi) is 60.3. The molecule has 0 rings (SSSR count). The van der Waals surface area contributed by atoms with E-state index in [1.807, 2.05) is 0 Å². The summed E-state index contributed by atoms with van der Waals surface area (Å²) in [6.07, 6.45) is 83.2. The first-order valence-corrected chi connectivity index (χ1v) is 32.1. The van der Waals surface area contributed by atoms with Crippen molar-refractivity contribution in [3.63, 3.8) is 0 Å². The monoisotopic (exact) mass is 1040 g/mol. The average molecular weight is 1050 g/mol. The third-order valence-electron chi connectivity index (χ3n) is 13.9. The smallest absolute Gasteiger partial charge is 0.306 e.